The zero-order valence-electron chi connectivity index (χ0n) is 17.1. The van der Waals surface area contributed by atoms with Crippen molar-refractivity contribution >= 4 is 46.9 Å². The first-order chi connectivity index (χ1) is 14.8. The number of hydrazone groups is 1. The SMILES string of the molecule is COc1ccccc1NC(=O)C(=O)N/N=C\c1cc(C)n(-c2ccc(Cl)cc2Cl)c1C. The summed E-state index contributed by atoms with van der Waals surface area (Å²) in [5.74, 6) is -1.32. The molecule has 1 heterocycles. The van der Waals surface area contributed by atoms with Crippen LogP contribution in [0.3, 0.4) is 0 Å². The van der Waals surface area contributed by atoms with Crippen molar-refractivity contribution in [1.29, 1.82) is 0 Å². The maximum absolute atomic E-state index is 12.1. The van der Waals surface area contributed by atoms with Gasteiger partial charge in [-0.15, -0.1) is 0 Å². The second kappa shape index (κ2) is 9.68. The van der Waals surface area contributed by atoms with Crippen molar-refractivity contribution in [2.75, 3.05) is 12.4 Å². The third-order valence-electron chi connectivity index (χ3n) is 4.55. The van der Waals surface area contributed by atoms with Crippen LogP contribution in [0.5, 0.6) is 5.75 Å². The van der Waals surface area contributed by atoms with E-state index in [2.05, 4.69) is 15.8 Å². The zero-order chi connectivity index (χ0) is 22.5. The number of para-hydroxylation sites is 2. The number of methoxy groups -OCH3 is 1. The first kappa shape index (κ1) is 22.4. The molecule has 0 spiro atoms. The van der Waals surface area contributed by atoms with Gasteiger partial charge in [0.2, 0.25) is 0 Å². The Hall–Kier alpha value is -3.29. The first-order valence-corrected chi connectivity index (χ1v) is 9.99. The van der Waals surface area contributed by atoms with Gasteiger partial charge in [0.15, 0.2) is 0 Å². The fraction of sp³-hybridized carbons (Fsp3) is 0.136. The molecule has 9 heteroatoms. The van der Waals surface area contributed by atoms with Crippen LogP contribution >= 0.6 is 23.2 Å². The average Bonchev–Trinajstić information content (AvgIpc) is 3.01. The molecule has 3 aromatic rings. The highest BCUT2D eigenvalue weighted by Crippen LogP contribution is 2.28. The lowest BCUT2D eigenvalue weighted by Gasteiger charge is -2.11. The summed E-state index contributed by atoms with van der Waals surface area (Å²) in [6.07, 6.45) is 1.47. The van der Waals surface area contributed by atoms with Gasteiger partial charge in [0.1, 0.15) is 5.75 Å². The maximum atomic E-state index is 12.1. The molecule has 0 bridgehead atoms. The minimum Gasteiger partial charge on any atom is -0.495 e. The molecule has 2 N–H and O–H groups in total. The largest absolute Gasteiger partial charge is 0.495 e. The van der Waals surface area contributed by atoms with E-state index in [1.807, 2.05) is 30.5 Å². The monoisotopic (exact) mass is 458 g/mol. The van der Waals surface area contributed by atoms with E-state index in [-0.39, 0.29) is 0 Å². The quantitative estimate of drug-likeness (QED) is 0.335. The van der Waals surface area contributed by atoms with Crippen LogP contribution in [0.4, 0.5) is 5.69 Å². The van der Waals surface area contributed by atoms with Crippen LogP contribution in [0.15, 0.2) is 53.6 Å². The van der Waals surface area contributed by atoms with Crippen LogP contribution in [-0.4, -0.2) is 29.7 Å². The highest BCUT2D eigenvalue weighted by molar-refractivity contribution is 6.39. The van der Waals surface area contributed by atoms with Gasteiger partial charge in [-0.3, -0.25) is 9.59 Å². The number of halogens is 2. The molecule has 0 aliphatic heterocycles. The van der Waals surface area contributed by atoms with Gasteiger partial charge in [-0.25, -0.2) is 5.43 Å². The van der Waals surface area contributed by atoms with Crippen LogP contribution in [0.2, 0.25) is 10.0 Å². The first-order valence-electron chi connectivity index (χ1n) is 9.23. The number of carbonyl (C=O) groups is 2. The second-order valence-corrected chi connectivity index (χ2v) is 7.45. The Balaban J connectivity index is 1.71. The van der Waals surface area contributed by atoms with E-state index in [1.54, 1.807) is 36.4 Å². The Morgan fingerprint density at radius 3 is 2.52 bits per heavy atom. The minimum absolute atomic E-state index is 0.387. The number of aryl methyl sites for hydroxylation is 1. The summed E-state index contributed by atoms with van der Waals surface area (Å²) in [5, 5.41) is 7.46. The van der Waals surface area contributed by atoms with Gasteiger partial charge in [-0.05, 0) is 50.2 Å². The third kappa shape index (κ3) is 5.07. The van der Waals surface area contributed by atoms with Crippen molar-refractivity contribution in [2.24, 2.45) is 5.10 Å². The molecule has 3 rings (SSSR count). The van der Waals surface area contributed by atoms with E-state index in [0.29, 0.717) is 21.5 Å². The van der Waals surface area contributed by atoms with E-state index >= 15 is 0 Å². The molecule has 2 aromatic carbocycles. The minimum atomic E-state index is -0.906. The maximum Gasteiger partial charge on any atom is 0.329 e. The molecular formula is C22H20Cl2N4O3. The predicted molar refractivity (Wildman–Crippen MR) is 123 cm³/mol. The molecule has 0 aliphatic carbocycles. The number of rotatable bonds is 5. The fourth-order valence-corrected chi connectivity index (χ4v) is 3.58. The Kier molecular flexibility index (Phi) is 6.99. The number of hydrogen-bond acceptors (Lipinski definition) is 4. The number of nitrogens with one attached hydrogen (secondary N) is 2. The third-order valence-corrected chi connectivity index (χ3v) is 5.09. The average molecular weight is 459 g/mol. The molecule has 7 nitrogen and oxygen atoms in total. The van der Waals surface area contributed by atoms with Crippen molar-refractivity contribution < 1.29 is 14.3 Å². The number of amides is 2. The van der Waals surface area contributed by atoms with Crippen LogP contribution < -0.4 is 15.5 Å². The van der Waals surface area contributed by atoms with Crippen molar-refractivity contribution in [3.8, 4) is 11.4 Å². The summed E-state index contributed by atoms with van der Waals surface area (Å²) in [4.78, 5) is 24.2. The molecule has 31 heavy (non-hydrogen) atoms. The van der Waals surface area contributed by atoms with E-state index in [4.69, 9.17) is 27.9 Å². The highest BCUT2D eigenvalue weighted by atomic mass is 35.5. The molecule has 0 saturated heterocycles. The van der Waals surface area contributed by atoms with Gasteiger partial charge in [0, 0.05) is 22.0 Å². The summed E-state index contributed by atoms with van der Waals surface area (Å²) in [5.41, 5.74) is 5.93. The van der Waals surface area contributed by atoms with Crippen LogP contribution in [0.1, 0.15) is 17.0 Å². The smallest absolute Gasteiger partial charge is 0.329 e. The Morgan fingerprint density at radius 1 is 1.06 bits per heavy atom. The van der Waals surface area contributed by atoms with Gasteiger partial charge >= 0.3 is 11.8 Å². The van der Waals surface area contributed by atoms with Gasteiger partial charge in [0.25, 0.3) is 0 Å². The van der Waals surface area contributed by atoms with Crippen molar-refractivity contribution in [3.05, 3.63) is 75.5 Å². The number of hydrogen-bond donors (Lipinski definition) is 2. The molecule has 160 valence electrons. The zero-order valence-corrected chi connectivity index (χ0v) is 18.6. The summed E-state index contributed by atoms with van der Waals surface area (Å²) in [6, 6.07) is 13.9. The van der Waals surface area contributed by atoms with Gasteiger partial charge in [-0.1, -0.05) is 35.3 Å². The second-order valence-electron chi connectivity index (χ2n) is 6.61. The number of carbonyl (C=O) groups excluding carboxylic acids is 2. The van der Waals surface area contributed by atoms with Gasteiger partial charge < -0.3 is 14.6 Å². The topological polar surface area (TPSA) is 84.7 Å². The fourth-order valence-electron chi connectivity index (χ4n) is 3.09. The Morgan fingerprint density at radius 2 is 1.81 bits per heavy atom. The lowest BCUT2D eigenvalue weighted by Crippen LogP contribution is -2.32. The lowest BCUT2D eigenvalue weighted by atomic mass is 10.2. The molecule has 1 aromatic heterocycles. The molecular weight excluding hydrogens is 439 g/mol. The van der Waals surface area contributed by atoms with Crippen LogP contribution in [0.25, 0.3) is 5.69 Å². The van der Waals surface area contributed by atoms with E-state index < -0.39 is 11.8 Å². The lowest BCUT2D eigenvalue weighted by molar-refractivity contribution is -0.136. The summed E-state index contributed by atoms with van der Waals surface area (Å²) in [6.45, 7) is 3.82. The summed E-state index contributed by atoms with van der Waals surface area (Å²) in [7, 11) is 1.48. The van der Waals surface area contributed by atoms with Crippen molar-refractivity contribution in [3.63, 3.8) is 0 Å². The highest BCUT2D eigenvalue weighted by Gasteiger charge is 2.16. The van der Waals surface area contributed by atoms with Gasteiger partial charge in [-0.2, -0.15) is 5.10 Å². The Bertz CT molecular complexity index is 1170. The van der Waals surface area contributed by atoms with Gasteiger partial charge in [0.05, 0.1) is 29.7 Å². The number of benzene rings is 2. The molecule has 0 aliphatic rings. The molecule has 0 fully saturated rings. The van der Waals surface area contributed by atoms with E-state index in [0.717, 1.165) is 22.6 Å². The van der Waals surface area contributed by atoms with Crippen LogP contribution in [-0.2, 0) is 9.59 Å². The Labute approximate surface area is 189 Å². The number of ether oxygens (including phenoxy) is 1. The normalized spacial score (nSPS) is 10.9. The number of anilines is 1. The summed E-state index contributed by atoms with van der Waals surface area (Å²) >= 11 is 12.3. The predicted octanol–water partition coefficient (Wildman–Crippen LogP) is 4.50. The van der Waals surface area contributed by atoms with Crippen molar-refractivity contribution in [2.45, 2.75) is 13.8 Å². The van der Waals surface area contributed by atoms with Crippen molar-refractivity contribution in [1.82, 2.24) is 9.99 Å². The van der Waals surface area contributed by atoms with E-state index in [1.165, 1.54) is 13.3 Å². The molecule has 0 atom stereocenters. The number of aromatic nitrogens is 1. The molecule has 0 radical (unpaired) electrons. The number of nitrogens with zero attached hydrogens (tertiary/aromatic N) is 2. The molecule has 2 amide bonds. The summed E-state index contributed by atoms with van der Waals surface area (Å²) < 4.78 is 7.10. The molecule has 0 unspecified atom stereocenters. The van der Waals surface area contributed by atoms with E-state index in [9.17, 15) is 9.59 Å². The van der Waals surface area contributed by atoms with Crippen LogP contribution in [0, 0.1) is 13.8 Å². The standard InChI is InChI=1S/C22H20Cl2N4O3/c1-13-10-15(14(2)28(13)19-9-8-16(23)11-17(19)24)12-25-27-22(30)21(29)26-18-6-4-5-7-20(18)31-3/h4-12H,1-3H3,(H,26,29)(H,27,30)/b25-12-. The molecule has 0 saturated carbocycles.